The lowest BCUT2D eigenvalue weighted by Crippen LogP contribution is -2.30. The zero-order valence-corrected chi connectivity index (χ0v) is 29.9. The van der Waals surface area contributed by atoms with Crippen LogP contribution in [0, 0.1) is 0 Å². The molecule has 1 aliphatic rings. The number of para-hydroxylation sites is 4. The van der Waals surface area contributed by atoms with Gasteiger partial charge in [0.2, 0.25) is 0 Å². The molecule has 2 heterocycles. The van der Waals surface area contributed by atoms with Gasteiger partial charge >= 0.3 is 0 Å². The fourth-order valence-corrected chi connectivity index (χ4v) is 8.56. The van der Waals surface area contributed by atoms with Gasteiger partial charge in [0.05, 0.1) is 22.4 Å². The van der Waals surface area contributed by atoms with Gasteiger partial charge in [-0.15, -0.1) is 0 Å². The van der Waals surface area contributed by atoms with Crippen LogP contribution in [0.1, 0.15) is 25.0 Å². The van der Waals surface area contributed by atoms with Gasteiger partial charge in [-0.1, -0.05) is 147 Å². The number of fused-ring (bicyclic) bond motifs is 5. The Morgan fingerprint density at radius 1 is 0.340 bits per heavy atom. The lowest BCUT2D eigenvalue weighted by Gasteiger charge is -2.42. The first kappa shape index (κ1) is 31.1. The van der Waals surface area contributed by atoms with E-state index in [4.69, 9.17) is 0 Å². The van der Waals surface area contributed by atoms with Crippen molar-refractivity contribution in [3.8, 4) is 39.1 Å². The highest BCUT2D eigenvalue weighted by atomic mass is 15.2. The highest BCUT2D eigenvalue weighted by Crippen LogP contribution is 2.52. The van der Waals surface area contributed by atoms with Crippen LogP contribution in [0.15, 0.2) is 194 Å². The highest BCUT2D eigenvalue weighted by molar-refractivity contribution is 6.09. The van der Waals surface area contributed by atoms with Crippen molar-refractivity contribution in [2.45, 2.75) is 19.3 Å². The maximum atomic E-state index is 2.48. The SMILES string of the molecule is CC1(C)c2ccccc2N(c2cc(-c3cc(-c4ccccc4)cc(-c4ccccc4)c3)cc(-n3c4ccccc4c4ccccc43)c2)c2ccccc21. The molecule has 0 amide bonds. The largest absolute Gasteiger partial charge is 0.310 e. The normalized spacial score (nSPS) is 13.2. The molecule has 1 aromatic heterocycles. The summed E-state index contributed by atoms with van der Waals surface area (Å²) in [7, 11) is 0. The summed E-state index contributed by atoms with van der Waals surface area (Å²) in [5.74, 6) is 0. The number of anilines is 3. The average Bonchev–Trinajstić information content (AvgIpc) is 3.56. The van der Waals surface area contributed by atoms with Crippen LogP contribution in [0.3, 0.4) is 0 Å². The first-order valence-corrected chi connectivity index (χ1v) is 18.4. The maximum Gasteiger partial charge on any atom is 0.0541 e. The number of hydrogen-bond acceptors (Lipinski definition) is 1. The molecule has 0 aliphatic carbocycles. The van der Waals surface area contributed by atoms with E-state index in [2.05, 4.69) is 217 Å². The average molecular weight is 679 g/mol. The molecule has 0 saturated carbocycles. The third-order valence-electron chi connectivity index (χ3n) is 11.1. The van der Waals surface area contributed by atoms with E-state index in [0.717, 1.165) is 16.9 Å². The van der Waals surface area contributed by atoms with Gasteiger partial charge in [0.15, 0.2) is 0 Å². The number of benzene rings is 8. The minimum absolute atomic E-state index is 0.147. The zero-order valence-electron chi connectivity index (χ0n) is 29.9. The maximum absolute atomic E-state index is 2.48. The van der Waals surface area contributed by atoms with E-state index in [0.29, 0.717) is 0 Å². The van der Waals surface area contributed by atoms with Gasteiger partial charge in [-0.3, -0.25) is 0 Å². The van der Waals surface area contributed by atoms with Crippen LogP contribution in [0.4, 0.5) is 17.1 Å². The topological polar surface area (TPSA) is 8.17 Å². The summed E-state index contributed by atoms with van der Waals surface area (Å²) >= 11 is 0. The van der Waals surface area contributed by atoms with Gasteiger partial charge in [0, 0.05) is 27.6 Å². The zero-order chi connectivity index (χ0) is 35.5. The van der Waals surface area contributed by atoms with Crippen LogP contribution in [0.2, 0.25) is 0 Å². The molecule has 1 aliphatic heterocycles. The van der Waals surface area contributed by atoms with Gasteiger partial charge in [-0.2, -0.15) is 0 Å². The molecule has 0 radical (unpaired) electrons. The minimum Gasteiger partial charge on any atom is -0.310 e. The standard InChI is InChI=1S/C51H38N2/c1-51(2)45-23-11-15-27-49(45)53(50-28-16-12-24-46(50)51)42-33-40(32-41(34-42)52-47-25-13-9-21-43(47)44-22-10-14-26-48(44)52)39-30-37(35-17-5-3-6-18-35)29-38(31-39)36-19-7-4-8-20-36/h3-34H,1-2H3. The van der Waals surface area contributed by atoms with Crippen LogP contribution < -0.4 is 4.90 Å². The summed E-state index contributed by atoms with van der Waals surface area (Å²) in [6.07, 6.45) is 0. The fourth-order valence-electron chi connectivity index (χ4n) is 8.56. The molecule has 8 aromatic carbocycles. The summed E-state index contributed by atoms with van der Waals surface area (Å²) in [4.78, 5) is 2.48. The number of rotatable bonds is 5. The Morgan fingerprint density at radius 3 is 1.26 bits per heavy atom. The van der Waals surface area contributed by atoms with E-state index >= 15 is 0 Å². The van der Waals surface area contributed by atoms with Gasteiger partial charge in [0.1, 0.15) is 0 Å². The van der Waals surface area contributed by atoms with Crippen molar-refractivity contribution >= 4 is 38.9 Å². The summed E-state index contributed by atoms with van der Waals surface area (Å²) < 4.78 is 2.45. The second-order valence-electron chi connectivity index (χ2n) is 14.6. The molecule has 0 fully saturated rings. The van der Waals surface area contributed by atoms with Gasteiger partial charge in [-0.05, 0) is 105 Å². The van der Waals surface area contributed by atoms with Crippen LogP contribution >= 0.6 is 0 Å². The van der Waals surface area contributed by atoms with Crippen molar-refractivity contribution in [3.05, 3.63) is 205 Å². The van der Waals surface area contributed by atoms with E-state index in [1.54, 1.807) is 0 Å². The first-order chi connectivity index (χ1) is 26.0. The van der Waals surface area contributed by atoms with Gasteiger partial charge in [0.25, 0.3) is 0 Å². The minimum atomic E-state index is -0.147. The molecule has 53 heavy (non-hydrogen) atoms. The Labute approximate surface area is 310 Å². The smallest absolute Gasteiger partial charge is 0.0541 e. The van der Waals surface area contributed by atoms with Crippen LogP contribution in [-0.2, 0) is 5.41 Å². The van der Waals surface area contributed by atoms with Crippen molar-refractivity contribution in [1.82, 2.24) is 4.57 Å². The number of hydrogen-bond donors (Lipinski definition) is 0. The molecule has 0 bridgehead atoms. The first-order valence-electron chi connectivity index (χ1n) is 18.4. The quantitative estimate of drug-likeness (QED) is 0.176. The summed E-state index contributed by atoms with van der Waals surface area (Å²) in [6.45, 7) is 4.70. The molecular formula is C51H38N2. The van der Waals surface area contributed by atoms with E-state index in [-0.39, 0.29) is 5.41 Å². The van der Waals surface area contributed by atoms with Crippen molar-refractivity contribution in [2.24, 2.45) is 0 Å². The van der Waals surface area contributed by atoms with Crippen LogP contribution in [0.25, 0.3) is 60.9 Å². The molecule has 9 aromatic rings. The Kier molecular flexibility index (Phi) is 7.19. The van der Waals surface area contributed by atoms with E-state index in [1.807, 2.05) is 0 Å². The van der Waals surface area contributed by atoms with Crippen LogP contribution in [0.5, 0.6) is 0 Å². The third-order valence-corrected chi connectivity index (χ3v) is 11.1. The summed E-state index contributed by atoms with van der Waals surface area (Å²) in [5.41, 5.74) is 16.7. The lowest BCUT2D eigenvalue weighted by molar-refractivity contribution is 0.632. The fraction of sp³-hybridized carbons (Fsp3) is 0.0588. The summed E-state index contributed by atoms with van der Waals surface area (Å²) in [6, 6.07) is 71.1. The molecule has 252 valence electrons. The Balaban J connectivity index is 1.29. The Hall–Kier alpha value is -6.64. The molecule has 0 N–H and O–H groups in total. The second-order valence-corrected chi connectivity index (χ2v) is 14.6. The second kappa shape index (κ2) is 12.3. The number of nitrogens with zero attached hydrogens (tertiary/aromatic N) is 2. The van der Waals surface area contributed by atoms with Crippen LogP contribution in [-0.4, -0.2) is 4.57 Å². The number of aromatic nitrogens is 1. The van der Waals surface area contributed by atoms with E-state index in [1.165, 1.54) is 72.1 Å². The van der Waals surface area contributed by atoms with Crippen molar-refractivity contribution in [1.29, 1.82) is 0 Å². The Bertz CT molecular complexity index is 2650. The highest BCUT2D eigenvalue weighted by Gasteiger charge is 2.36. The Morgan fingerprint density at radius 2 is 0.736 bits per heavy atom. The predicted molar refractivity (Wildman–Crippen MR) is 224 cm³/mol. The third kappa shape index (κ3) is 5.10. The lowest BCUT2D eigenvalue weighted by atomic mass is 9.73. The molecular weight excluding hydrogens is 641 g/mol. The summed E-state index contributed by atoms with van der Waals surface area (Å²) in [5, 5.41) is 2.51. The van der Waals surface area contributed by atoms with Crippen molar-refractivity contribution < 1.29 is 0 Å². The molecule has 2 heteroatoms. The molecule has 2 nitrogen and oxygen atoms in total. The van der Waals surface area contributed by atoms with Gasteiger partial charge in [-0.25, -0.2) is 0 Å². The van der Waals surface area contributed by atoms with Crippen molar-refractivity contribution in [3.63, 3.8) is 0 Å². The molecule has 0 unspecified atom stereocenters. The molecule has 0 spiro atoms. The monoisotopic (exact) mass is 678 g/mol. The predicted octanol–water partition coefficient (Wildman–Crippen LogP) is 13.9. The van der Waals surface area contributed by atoms with Crippen molar-refractivity contribution in [2.75, 3.05) is 4.90 Å². The molecule has 0 saturated heterocycles. The molecule has 0 atom stereocenters. The molecule has 10 rings (SSSR count). The van der Waals surface area contributed by atoms with Gasteiger partial charge < -0.3 is 9.47 Å². The van der Waals surface area contributed by atoms with E-state index < -0.39 is 0 Å². The van der Waals surface area contributed by atoms with E-state index in [9.17, 15) is 0 Å².